The van der Waals surface area contributed by atoms with Crippen molar-refractivity contribution in [3.8, 4) is 0 Å². The Morgan fingerprint density at radius 1 is 1.10 bits per heavy atom. The molecule has 3 unspecified atom stereocenters. The minimum atomic E-state index is -0.966. The summed E-state index contributed by atoms with van der Waals surface area (Å²) in [6.07, 6.45) is 2.22. The molecule has 9 nitrogen and oxygen atoms in total. The molecule has 220 valence electrons. The van der Waals surface area contributed by atoms with E-state index in [4.69, 9.17) is 9.47 Å². The summed E-state index contributed by atoms with van der Waals surface area (Å²) in [5.41, 5.74) is 1.84. The summed E-state index contributed by atoms with van der Waals surface area (Å²) < 4.78 is 10.4. The van der Waals surface area contributed by atoms with Gasteiger partial charge in [0.2, 0.25) is 11.8 Å². The van der Waals surface area contributed by atoms with Gasteiger partial charge in [-0.3, -0.25) is 14.4 Å². The molecule has 0 aliphatic heterocycles. The molecule has 0 aromatic heterocycles. The molecule has 1 rings (SSSR count). The van der Waals surface area contributed by atoms with Crippen LogP contribution >= 0.6 is 11.8 Å². The summed E-state index contributed by atoms with van der Waals surface area (Å²) in [6, 6.07) is 3.48. The quantitative estimate of drug-likeness (QED) is 0.315. The third-order valence-corrected chi connectivity index (χ3v) is 6.97. The normalized spacial score (nSPS) is 13.6. The van der Waals surface area contributed by atoms with Gasteiger partial charge in [-0.1, -0.05) is 25.1 Å². The van der Waals surface area contributed by atoms with E-state index in [1.807, 2.05) is 52.1 Å². The first-order valence-electron chi connectivity index (χ1n) is 13.6. The number of ether oxygens (including phenoxy) is 2. The number of hydrogen-bond donors (Lipinski definition) is 2. The molecule has 0 heterocycles. The van der Waals surface area contributed by atoms with Crippen LogP contribution in [0.1, 0.15) is 83.5 Å². The molecule has 10 heteroatoms. The largest absolute Gasteiger partial charge is 0.466 e. The molecule has 3 amide bonds. The van der Waals surface area contributed by atoms with E-state index in [0.717, 1.165) is 11.1 Å². The Labute approximate surface area is 238 Å². The van der Waals surface area contributed by atoms with Crippen LogP contribution in [0, 0.1) is 13.8 Å². The molecular weight excluding hydrogens is 518 g/mol. The molecular formula is C29H47N3O6S. The number of nitrogens with one attached hydrogen (secondary N) is 2. The Morgan fingerprint density at radius 2 is 1.77 bits per heavy atom. The first kappa shape index (κ1) is 34.3. The molecule has 0 aliphatic carbocycles. The van der Waals surface area contributed by atoms with Crippen molar-refractivity contribution in [2.75, 3.05) is 25.2 Å². The SMILES string of the molecule is CCOC(=O)CCNC(=O)C(c1cccc(C)c1C)N(C(=O)C(CCSC)NC(=O)OC(C)(C)C)C(C)CC. The number of aryl methyl sites for hydroxylation is 1. The number of carbonyl (C=O) groups excluding carboxylic acids is 4. The zero-order valence-electron chi connectivity index (χ0n) is 25.0. The lowest BCUT2D eigenvalue weighted by Crippen LogP contribution is -2.55. The maximum atomic E-state index is 14.2. The standard InChI is InChI=1S/C29H47N3O6S/c1-10-20(4)32(27(35)23(16-18-39-9)31-28(36)38-29(6,7)8)25(22-14-12-13-19(3)21(22)5)26(34)30-17-15-24(33)37-11-2/h12-14,20,23,25H,10-11,15-18H2,1-9H3,(H,30,34)(H,31,36). The lowest BCUT2D eigenvalue weighted by Gasteiger charge is -2.39. The maximum absolute atomic E-state index is 14.2. The fourth-order valence-corrected chi connectivity index (χ4v) is 4.49. The Hall–Kier alpha value is -2.75. The summed E-state index contributed by atoms with van der Waals surface area (Å²) in [4.78, 5) is 54.1. The summed E-state index contributed by atoms with van der Waals surface area (Å²) in [7, 11) is 0. The van der Waals surface area contributed by atoms with Gasteiger partial charge in [0.15, 0.2) is 0 Å². The highest BCUT2D eigenvalue weighted by Gasteiger charge is 2.39. The number of carbonyl (C=O) groups is 4. The third kappa shape index (κ3) is 11.1. The van der Waals surface area contributed by atoms with Gasteiger partial charge in [-0.15, -0.1) is 0 Å². The van der Waals surface area contributed by atoms with Gasteiger partial charge in [0.25, 0.3) is 0 Å². The van der Waals surface area contributed by atoms with Crippen LogP contribution in [0.2, 0.25) is 0 Å². The zero-order chi connectivity index (χ0) is 29.8. The van der Waals surface area contributed by atoms with Gasteiger partial charge in [-0.25, -0.2) is 4.79 Å². The van der Waals surface area contributed by atoms with Crippen molar-refractivity contribution in [1.29, 1.82) is 0 Å². The van der Waals surface area contributed by atoms with E-state index >= 15 is 0 Å². The van der Waals surface area contributed by atoms with E-state index in [1.165, 1.54) is 0 Å². The highest BCUT2D eigenvalue weighted by Crippen LogP contribution is 2.30. The molecule has 1 aromatic carbocycles. The topological polar surface area (TPSA) is 114 Å². The zero-order valence-corrected chi connectivity index (χ0v) is 25.8. The third-order valence-electron chi connectivity index (χ3n) is 6.32. The minimum Gasteiger partial charge on any atom is -0.466 e. The molecule has 0 radical (unpaired) electrons. The number of benzene rings is 1. The van der Waals surface area contributed by atoms with E-state index in [1.54, 1.807) is 44.4 Å². The number of alkyl carbamates (subject to hydrolysis) is 1. The van der Waals surface area contributed by atoms with Gasteiger partial charge in [0.05, 0.1) is 13.0 Å². The number of amides is 3. The van der Waals surface area contributed by atoms with Crippen LogP contribution in [-0.4, -0.2) is 71.6 Å². The van der Waals surface area contributed by atoms with E-state index in [0.29, 0.717) is 24.2 Å². The molecule has 39 heavy (non-hydrogen) atoms. The van der Waals surface area contributed by atoms with Crippen molar-refractivity contribution in [1.82, 2.24) is 15.5 Å². The molecule has 0 saturated heterocycles. The van der Waals surface area contributed by atoms with Crippen molar-refractivity contribution >= 4 is 35.6 Å². The van der Waals surface area contributed by atoms with Crippen LogP contribution in [0.25, 0.3) is 0 Å². The van der Waals surface area contributed by atoms with Gasteiger partial charge in [-0.05, 0) is 90.0 Å². The van der Waals surface area contributed by atoms with Gasteiger partial charge in [-0.2, -0.15) is 11.8 Å². The molecule has 1 aromatic rings. The van der Waals surface area contributed by atoms with Crippen LogP contribution < -0.4 is 10.6 Å². The summed E-state index contributed by atoms with van der Waals surface area (Å²) >= 11 is 1.56. The molecule has 0 aliphatic rings. The fraction of sp³-hybridized carbons (Fsp3) is 0.655. The predicted octanol–water partition coefficient (Wildman–Crippen LogP) is 4.69. The number of esters is 1. The number of hydrogen-bond acceptors (Lipinski definition) is 7. The molecule has 3 atom stereocenters. The van der Waals surface area contributed by atoms with Crippen molar-refractivity contribution < 1.29 is 28.7 Å². The predicted molar refractivity (Wildman–Crippen MR) is 156 cm³/mol. The first-order chi connectivity index (χ1) is 18.3. The monoisotopic (exact) mass is 565 g/mol. The van der Waals surface area contributed by atoms with Crippen LogP contribution in [0.15, 0.2) is 18.2 Å². The van der Waals surface area contributed by atoms with Crippen LogP contribution in [0.5, 0.6) is 0 Å². The van der Waals surface area contributed by atoms with Crippen LogP contribution in [-0.2, 0) is 23.9 Å². The summed E-state index contributed by atoms with van der Waals surface area (Å²) in [6.45, 7) is 15.0. The lowest BCUT2D eigenvalue weighted by atomic mass is 9.93. The van der Waals surface area contributed by atoms with Gasteiger partial charge in [0.1, 0.15) is 17.7 Å². The van der Waals surface area contributed by atoms with Gasteiger partial charge < -0.3 is 25.0 Å². The first-order valence-corrected chi connectivity index (χ1v) is 15.0. The van der Waals surface area contributed by atoms with Crippen molar-refractivity contribution in [3.63, 3.8) is 0 Å². The second-order valence-electron chi connectivity index (χ2n) is 10.5. The second-order valence-corrected chi connectivity index (χ2v) is 11.5. The van der Waals surface area contributed by atoms with E-state index in [-0.39, 0.29) is 31.5 Å². The number of nitrogens with zero attached hydrogens (tertiary/aromatic N) is 1. The van der Waals surface area contributed by atoms with Crippen molar-refractivity contribution in [3.05, 3.63) is 34.9 Å². The molecule has 0 saturated carbocycles. The van der Waals surface area contributed by atoms with E-state index in [2.05, 4.69) is 10.6 Å². The Kier molecular flexibility index (Phi) is 14.4. The van der Waals surface area contributed by atoms with E-state index in [9.17, 15) is 19.2 Å². The number of thioether (sulfide) groups is 1. The average molecular weight is 566 g/mol. The van der Waals surface area contributed by atoms with Crippen LogP contribution in [0.3, 0.4) is 0 Å². The summed E-state index contributed by atoms with van der Waals surface area (Å²) in [5.74, 6) is -0.548. The Morgan fingerprint density at radius 3 is 2.33 bits per heavy atom. The van der Waals surface area contributed by atoms with Crippen molar-refractivity contribution in [2.45, 2.75) is 98.4 Å². The average Bonchev–Trinajstić information content (AvgIpc) is 2.85. The van der Waals surface area contributed by atoms with Crippen molar-refractivity contribution in [2.24, 2.45) is 0 Å². The Bertz CT molecular complexity index is 978. The number of rotatable bonds is 14. The van der Waals surface area contributed by atoms with Crippen LogP contribution in [0.4, 0.5) is 4.79 Å². The molecule has 0 spiro atoms. The minimum absolute atomic E-state index is 0.0208. The molecule has 2 N–H and O–H groups in total. The highest BCUT2D eigenvalue weighted by molar-refractivity contribution is 7.98. The lowest BCUT2D eigenvalue weighted by molar-refractivity contribution is -0.146. The maximum Gasteiger partial charge on any atom is 0.408 e. The van der Waals surface area contributed by atoms with E-state index < -0.39 is 35.7 Å². The molecule has 0 bridgehead atoms. The van der Waals surface area contributed by atoms with Gasteiger partial charge in [0, 0.05) is 12.6 Å². The smallest absolute Gasteiger partial charge is 0.408 e. The second kappa shape index (κ2) is 16.4. The molecule has 0 fully saturated rings. The fourth-order valence-electron chi connectivity index (χ4n) is 4.02. The highest BCUT2D eigenvalue weighted by atomic mass is 32.2. The van der Waals surface area contributed by atoms with Gasteiger partial charge >= 0.3 is 12.1 Å². The summed E-state index contributed by atoms with van der Waals surface area (Å²) in [5, 5.41) is 5.59. The Balaban J connectivity index is 3.51.